The summed E-state index contributed by atoms with van der Waals surface area (Å²) >= 11 is 0. The van der Waals surface area contributed by atoms with Crippen LogP contribution in [0.5, 0.6) is 0 Å². The molecule has 1 rings (SSSR count). The van der Waals surface area contributed by atoms with Crippen molar-refractivity contribution in [2.45, 2.75) is 51.6 Å². The molecule has 6 unspecified atom stereocenters. The first-order chi connectivity index (χ1) is 8.43. The number of ether oxygens (including phenoxy) is 2. The molecule has 1 aliphatic rings. The van der Waals surface area contributed by atoms with Crippen LogP contribution in [0, 0.1) is 11.8 Å². The van der Waals surface area contributed by atoms with Crippen molar-refractivity contribution in [3.8, 4) is 0 Å². The predicted octanol–water partition coefficient (Wildman–Crippen LogP) is 1.36. The summed E-state index contributed by atoms with van der Waals surface area (Å²) in [5.74, 6) is -0.0294. The van der Waals surface area contributed by atoms with Gasteiger partial charge in [-0.3, -0.25) is 0 Å². The number of methoxy groups -OCH3 is 2. The van der Waals surface area contributed by atoms with Gasteiger partial charge in [-0.15, -0.1) is 0 Å². The molecule has 0 aromatic carbocycles. The van der Waals surface area contributed by atoms with E-state index >= 15 is 0 Å². The van der Waals surface area contributed by atoms with Crippen LogP contribution in [0.1, 0.15) is 27.2 Å². The fourth-order valence-electron chi connectivity index (χ4n) is 2.77. The second-order valence-electron chi connectivity index (χ2n) is 5.42. The molecule has 2 N–H and O–H groups in total. The number of rotatable bonds is 4. The second-order valence-corrected chi connectivity index (χ2v) is 5.42. The summed E-state index contributed by atoms with van der Waals surface area (Å²) < 4.78 is 10.6. The molecule has 0 bridgehead atoms. The van der Waals surface area contributed by atoms with E-state index in [0.29, 0.717) is 0 Å². The van der Waals surface area contributed by atoms with Gasteiger partial charge in [-0.2, -0.15) is 0 Å². The number of hydrogen-bond donors (Lipinski definition) is 2. The van der Waals surface area contributed by atoms with E-state index in [4.69, 9.17) is 9.47 Å². The normalized spacial score (nSPS) is 40.6. The lowest BCUT2D eigenvalue weighted by atomic mass is 9.71. The molecule has 1 aliphatic carbocycles. The molecule has 0 amide bonds. The van der Waals surface area contributed by atoms with Gasteiger partial charge < -0.3 is 19.7 Å². The Morgan fingerprint density at radius 2 is 1.56 bits per heavy atom. The average molecular weight is 258 g/mol. The maximum absolute atomic E-state index is 10.4. The molecule has 1 saturated carbocycles. The number of allylic oxidation sites excluding steroid dienone is 2. The molecule has 0 spiro atoms. The third-order valence-electron chi connectivity index (χ3n) is 3.99. The van der Waals surface area contributed by atoms with E-state index in [9.17, 15) is 10.2 Å². The fraction of sp³-hybridized carbons (Fsp3) is 0.857. The molecule has 106 valence electrons. The van der Waals surface area contributed by atoms with Crippen LogP contribution in [0.4, 0.5) is 0 Å². The second kappa shape index (κ2) is 6.66. The lowest BCUT2D eigenvalue weighted by Gasteiger charge is -2.45. The van der Waals surface area contributed by atoms with Crippen LogP contribution in [-0.4, -0.2) is 48.8 Å². The van der Waals surface area contributed by atoms with Crippen molar-refractivity contribution in [1.29, 1.82) is 0 Å². The average Bonchev–Trinajstić information content (AvgIpc) is 2.32. The van der Waals surface area contributed by atoms with Crippen molar-refractivity contribution in [1.82, 2.24) is 0 Å². The molecule has 1 fully saturated rings. The molecule has 0 aromatic rings. The van der Waals surface area contributed by atoms with E-state index in [-0.39, 0.29) is 11.8 Å². The van der Waals surface area contributed by atoms with Gasteiger partial charge in [0.1, 0.15) is 12.2 Å². The van der Waals surface area contributed by atoms with Crippen molar-refractivity contribution in [3.05, 3.63) is 11.6 Å². The van der Waals surface area contributed by atoms with E-state index in [1.165, 1.54) is 12.7 Å². The maximum Gasteiger partial charge on any atom is 0.112 e. The highest BCUT2D eigenvalue weighted by molar-refractivity contribution is 5.02. The summed E-state index contributed by atoms with van der Waals surface area (Å²) in [7, 11) is 3.08. The first-order valence-corrected chi connectivity index (χ1v) is 6.49. The highest BCUT2D eigenvalue weighted by atomic mass is 16.5. The molecule has 4 heteroatoms. The first-order valence-electron chi connectivity index (χ1n) is 6.49. The number of aliphatic hydroxyl groups excluding tert-OH is 2. The zero-order valence-electron chi connectivity index (χ0n) is 12.0. The van der Waals surface area contributed by atoms with E-state index in [1.54, 1.807) is 7.11 Å². The summed E-state index contributed by atoms with van der Waals surface area (Å²) in [4.78, 5) is 0. The molecule has 0 aromatic heterocycles. The largest absolute Gasteiger partial charge is 0.390 e. The molecule has 6 atom stereocenters. The van der Waals surface area contributed by atoms with E-state index < -0.39 is 24.4 Å². The van der Waals surface area contributed by atoms with Crippen LogP contribution >= 0.6 is 0 Å². The first kappa shape index (κ1) is 15.6. The van der Waals surface area contributed by atoms with Crippen LogP contribution in [0.25, 0.3) is 0 Å². The molecular formula is C14H26O4. The lowest BCUT2D eigenvalue weighted by Crippen LogP contribution is -2.59. The van der Waals surface area contributed by atoms with Gasteiger partial charge in [0.15, 0.2) is 0 Å². The summed E-state index contributed by atoms with van der Waals surface area (Å²) in [5, 5.41) is 20.6. The Bertz CT molecular complexity index is 286. The molecular weight excluding hydrogens is 232 g/mol. The third kappa shape index (κ3) is 3.12. The van der Waals surface area contributed by atoms with Crippen molar-refractivity contribution < 1.29 is 19.7 Å². The SMILES string of the molecule is COC1C(O)C(C)C(CC=C(C)C)C(O)C1OC. The van der Waals surface area contributed by atoms with E-state index in [1.807, 2.05) is 20.8 Å². The molecule has 0 heterocycles. The standard InChI is InChI=1S/C14H26O4/c1-8(2)6-7-10-9(3)11(15)13(17-4)14(18-5)12(10)16/h6,9-16H,7H2,1-5H3. The van der Waals surface area contributed by atoms with Gasteiger partial charge >= 0.3 is 0 Å². The summed E-state index contributed by atoms with van der Waals surface area (Å²) in [6, 6.07) is 0. The number of hydrogen-bond acceptors (Lipinski definition) is 4. The Labute approximate surface area is 110 Å². The van der Waals surface area contributed by atoms with Gasteiger partial charge in [0.2, 0.25) is 0 Å². The smallest absolute Gasteiger partial charge is 0.112 e. The fourth-order valence-corrected chi connectivity index (χ4v) is 2.77. The molecule has 0 radical (unpaired) electrons. The van der Waals surface area contributed by atoms with Crippen molar-refractivity contribution in [2.24, 2.45) is 11.8 Å². The molecule has 18 heavy (non-hydrogen) atoms. The zero-order valence-corrected chi connectivity index (χ0v) is 12.0. The zero-order chi connectivity index (χ0) is 13.9. The Balaban J connectivity index is 2.88. The van der Waals surface area contributed by atoms with Gasteiger partial charge in [0.25, 0.3) is 0 Å². The van der Waals surface area contributed by atoms with Crippen molar-refractivity contribution in [2.75, 3.05) is 14.2 Å². The van der Waals surface area contributed by atoms with Crippen molar-refractivity contribution >= 4 is 0 Å². The molecule has 0 saturated heterocycles. The Hall–Kier alpha value is -0.420. The lowest BCUT2D eigenvalue weighted by molar-refractivity contribution is -0.198. The van der Waals surface area contributed by atoms with Gasteiger partial charge in [-0.25, -0.2) is 0 Å². The summed E-state index contributed by atoms with van der Waals surface area (Å²) in [6.07, 6.45) is 0.669. The minimum atomic E-state index is -0.617. The summed E-state index contributed by atoms with van der Waals surface area (Å²) in [5.41, 5.74) is 1.21. The van der Waals surface area contributed by atoms with Gasteiger partial charge in [-0.05, 0) is 32.1 Å². The van der Waals surface area contributed by atoms with Crippen LogP contribution in [0.15, 0.2) is 11.6 Å². The Morgan fingerprint density at radius 3 is 2.00 bits per heavy atom. The monoisotopic (exact) mass is 258 g/mol. The van der Waals surface area contributed by atoms with Crippen LogP contribution in [0.2, 0.25) is 0 Å². The quantitative estimate of drug-likeness (QED) is 0.748. The van der Waals surface area contributed by atoms with E-state index in [0.717, 1.165) is 6.42 Å². The van der Waals surface area contributed by atoms with Gasteiger partial charge in [0, 0.05) is 14.2 Å². The Morgan fingerprint density at radius 1 is 1.06 bits per heavy atom. The van der Waals surface area contributed by atoms with Crippen LogP contribution < -0.4 is 0 Å². The maximum atomic E-state index is 10.4. The van der Waals surface area contributed by atoms with E-state index in [2.05, 4.69) is 6.08 Å². The predicted molar refractivity (Wildman–Crippen MR) is 70.3 cm³/mol. The number of aliphatic hydroxyl groups is 2. The van der Waals surface area contributed by atoms with Gasteiger partial charge in [-0.1, -0.05) is 18.6 Å². The third-order valence-corrected chi connectivity index (χ3v) is 3.99. The minimum Gasteiger partial charge on any atom is -0.390 e. The van der Waals surface area contributed by atoms with Crippen molar-refractivity contribution in [3.63, 3.8) is 0 Å². The highest BCUT2D eigenvalue weighted by Gasteiger charge is 2.47. The topological polar surface area (TPSA) is 58.9 Å². The van der Waals surface area contributed by atoms with Gasteiger partial charge in [0.05, 0.1) is 12.2 Å². The van der Waals surface area contributed by atoms with Crippen LogP contribution in [0.3, 0.4) is 0 Å². The minimum absolute atomic E-state index is 0.00810. The molecule has 0 aliphatic heterocycles. The Kier molecular flexibility index (Phi) is 5.79. The summed E-state index contributed by atoms with van der Waals surface area (Å²) in [6.45, 7) is 6.01. The molecule has 4 nitrogen and oxygen atoms in total. The van der Waals surface area contributed by atoms with Crippen LogP contribution in [-0.2, 0) is 9.47 Å². The highest BCUT2D eigenvalue weighted by Crippen LogP contribution is 2.36.